The van der Waals surface area contributed by atoms with Gasteiger partial charge in [-0.3, -0.25) is 24.3 Å². The lowest BCUT2D eigenvalue weighted by atomic mass is 9.89. The first-order valence-electron chi connectivity index (χ1n) is 8.45. The van der Waals surface area contributed by atoms with Gasteiger partial charge in [-0.1, -0.05) is 35.9 Å². The normalized spacial score (nSPS) is 17.0. The van der Waals surface area contributed by atoms with Crippen LogP contribution in [0.15, 0.2) is 59.5 Å². The summed E-state index contributed by atoms with van der Waals surface area (Å²) in [5.74, 6) is -1.00. The van der Waals surface area contributed by atoms with Gasteiger partial charge in [-0.05, 0) is 30.2 Å². The summed E-state index contributed by atoms with van der Waals surface area (Å²) < 4.78 is 1.58. The molecule has 27 heavy (non-hydrogen) atoms. The number of pyridine rings is 1. The van der Waals surface area contributed by atoms with Crippen molar-refractivity contribution in [3.8, 4) is 15.4 Å². The van der Waals surface area contributed by atoms with Crippen molar-refractivity contribution in [2.45, 2.75) is 18.8 Å². The molecule has 0 aliphatic carbocycles. The van der Waals surface area contributed by atoms with Gasteiger partial charge < -0.3 is 0 Å². The fourth-order valence-electron chi connectivity index (χ4n) is 3.21. The van der Waals surface area contributed by atoms with E-state index in [2.05, 4.69) is 5.32 Å². The number of carbonyl (C=O) groups excluding carboxylic acids is 2. The molecular weight excluding hydrogens is 384 g/mol. The zero-order chi connectivity index (χ0) is 19.0. The van der Waals surface area contributed by atoms with Crippen LogP contribution in [0, 0.1) is 0 Å². The minimum absolute atomic E-state index is 0.103. The van der Waals surface area contributed by atoms with Crippen LogP contribution in [0.25, 0.3) is 15.4 Å². The van der Waals surface area contributed by atoms with Crippen molar-refractivity contribution in [2.24, 2.45) is 0 Å². The van der Waals surface area contributed by atoms with E-state index in [1.54, 1.807) is 22.9 Å². The molecule has 0 spiro atoms. The maximum absolute atomic E-state index is 12.2. The molecule has 1 aliphatic heterocycles. The number of benzene rings is 1. The molecule has 0 saturated carbocycles. The van der Waals surface area contributed by atoms with Crippen LogP contribution < -0.4 is 10.9 Å². The summed E-state index contributed by atoms with van der Waals surface area (Å²) >= 11 is 8.09. The van der Waals surface area contributed by atoms with E-state index in [0.717, 1.165) is 15.4 Å². The fraction of sp³-hybridized carbons (Fsp3) is 0.150. The van der Waals surface area contributed by atoms with Crippen molar-refractivity contribution in [1.29, 1.82) is 0 Å². The third-order valence-electron chi connectivity index (χ3n) is 4.56. The number of hydrogen-bond acceptors (Lipinski definition) is 4. The number of halogens is 1. The monoisotopic (exact) mass is 398 g/mol. The quantitative estimate of drug-likeness (QED) is 0.683. The topological polar surface area (TPSA) is 68.2 Å². The van der Waals surface area contributed by atoms with Crippen LogP contribution >= 0.6 is 22.9 Å². The predicted molar refractivity (Wildman–Crippen MR) is 105 cm³/mol. The first-order valence-corrected chi connectivity index (χ1v) is 9.64. The molecule has 1 aromatic carbocycles. The van der Waals surface area contributed by atoms with Gasteiger partial charge in [-0.2, -0.15) is 0 Å². The minimum atomic E-state index is -0.439. The molecule has 1 aliphatic rings. The van der Waals surface area contributed by atoms with E-state index in [1.807, 2.05) is 30.3 Å². The highest BCUT2D eigenvalue weighted by Crippen LogP contribution is 2.39. The van der Waals surface area contributed by atoms with Crippen molar-refractivity contribution in [1.82, 2.24) is 9.88 Å². The molecule has 1 unspecified atom stereocenters. The number of rotatable bonds is 3. The third kappa shape index (κ3) is 3.34. The molecule has 1 atom stereocenters. The molecule has 5 nitrogen and oxygen atoms in total. The third-order valence-corrected chi connectivity index (χ3v) is 6.10. The number of aromatic nitrogens is 1. The van der Waals surface area contributed by atoms with E-state index in [1.165, 1.54) is 17.4 Å². The Labute approximate surface area is 164 Å². The Balaban J connectivity index is 1.72. The predicted octanol–water partition coefficient (Wildman–Crippen LogP) is 3.74. The van der Waals surface area contributed by atoms with Gasteiger partial charge in [0, 0.05) is 29.1 Å². The standard InChI is InChI=1S/C20H15ClN2O3S/c21-19-12(13-7-9-16(24)22-20(13)26)4-3-5-14(19)15-8-10-18(27-15)23-11-2-1-6-17(23)25/h1-6,8,10-11,13H,7,9H2,(H,22,24,26). The molecule has 3 aromatic rings. The molecule has 0 bridgehead atoms. The van der Waals surface area contributed by atoms with Crippen molar-refractivity contribution >= 4 is 34.8 Å². The van der Waals surface area contributed by atoms with E-state index in [4.69, 9.17) is 11.6 Å². The second kappa shape index (κ2) is 7.13. The molecule has 2 amide bonds. The number of nitrogens with zero attached hydrogens (tertiary/aromatic N) is 1. The molecule has 2 aromatic heterocycles. The van der Waals surface area contributed by atoms with E-state index in [0.29, 0.717) is 23.4 Å². The molecule has 0 radical (unpaired) electrons. The van der Waals surface area contributed by atoms with E-state index in [-0.39, 0.29) is 17.4 Å². The Kier molecular flexibility index (Phi) is 4.68. The first-order chi connectivity index (χ1) is 13.0. The van der Waals surface area contributed by atoms with Crippen molar-refractivity contribution in [2.75, 3.05) is 0 Å². The Hall–Kier alpha value is -2.70. The number of nitrogens with one attached hydrogen (secondary N) is 1. The number of imide groups is 1. The van der Waals surface area contributed by atoms with Gasteiger partial charge in [0.15, 0.2) is 0 Å². The van der Waals surface area contributed by atoms with Crippen LogP contribution in [0.2, 0.25) is 5.02 Å². The average Bonchev–Trinajstić information content (AvgIpc) is 3.12. The summed E-state index contributed by atoms with van der Waals surface area (Å²) in [7, 11) is 0. The lowest BCUT2D eigenvalue weighted by Gasteiger charge is -2.22. The van der Waals surface area contributed by atoms with Crippen LogP contribution in [0.3, 0.4) is 0 Å². The van der Waals surface area contributed by atoms with Gasteiger partial charge in [0.2, 0.25) is 11.8 Å². The molecule has 1 fully saturated rings. The zero-order valence-corrected chi connectivity index (χ0v) is 15.7. The van der Waals surface area contributed by atoms with Crippen LogP contribution in [0.1, 0.15) is 24.3 Å². The largest absolute Gasteiger partial charge is 0.296 e. The van der Waals surface area contributed by atoms with E-state index in [9.17, 15) is 14.4 Å². The van der Waals surface area contributed by atoms with Crippen molar-refractivity contribution < 1.29 is 9.59 Å². The maximum Gasteiger partial charge on any atom is 0.255 e. The summed E-state index contributed by atoms with van der Waals surface area (Å²) in [5, 5.41) is 3.66. The Morgan fingerprint density at radius 2 is 1.89 bits per heavy atom. The summed E-state index contributed by atoms with van der Waals surface area (Å²) in [6.45, 7) is 0. The summed E-state index contributed by atoms with van der Waals surface area (Å²) in [6, 6.07) is 14.4. The molecular formula is C20H15ClN2O3S. The van der Waals surface area contributed by atoms with Crippen molar-refractivity contribution in [3.63, 3.8) is 0 Å². The maximum atomic E-state index is 12.2. The molecule has 1 saturated heterocycles. The van der Waals surface area contributed by atoms with Crippen LogP contribution in [0.5, 0.6) is 0 Å². The number of piperidine rings is 1. The number of thiophene rings is 1. The SMILES string of the molecule is O=C1CCC(c2cccc(-c3ccc(-n4ccccc4=O)s3)c2Cl)C(=O)N1. The summed E-state index contributed by atoms with van der Waals surface area (Å²) in [4.78, 5) is 36.5. The Morgan fingerprint density at radius 1 is 1.04 bits per heavy atom. The molecule has 136 valence electrons. The Bertz CT molecular complexity index is 1100. The summed E-state index contributed by atoms with van der Waals surface area (Å²) in [5.41, 5.74) is 1.42. The van der Waals surface area contributed by atoms with Crippen LogP contribution in [0.4, 0.5) is 0 Å². The molecule has 1 N–H and O–H groups in total. The van der Waals surface area contributed by atoms with E-state index < -0.39 is 5.92 Å². The van der Waals surface area contributed by atoms with Crippen LogP contribution in [-0.2, 0) is 9.59 Å². The van der Waals surface area contributed by atoms with E-state index >= 15 is 0 Å². The number of amides is 2. The fourth-order valence-corrected chi connectivity index (χ4v) is 4.65. The van der Waals surface area contributed by atoms with Gasteiger partial charge in [0.05, 0.1) is 10.9 Å². The van der Waals surface area contributed by atoms with Crippen LogP contribution in [-0.4, -0.2) is 16.4 Å². The molecule has 3 heterocycles. The lowest BCUT2D eigenvalue weighted by Crippen LogP contribution is -2.39. The van der Waals surface area contributed by atoms with Gasteiger partial charge >= 0.3 is 0 Å². The highest BCUT2D eigenvalue weighted by Gasteiger charge is 2.30. The smallest absolute Gasteiger partial charge is 0.255 e. The highest BCUT2D eigenvalue weighted by molar-refractivity contribution is 7.18. The summed E-state index contributed by atoms with van der Waals surface area (Å²) in [6.07, 6.45) is 2.47. The second-order valence-corrected chi connectivity index (χ2v) is 7.70. The molecule has 7 heteroatoms. The van der Waals surface area contributed by atoms with Gasteiger partial charge in [-0.25, -0.2) is 0 Å². The number of hydrogen-bond donors (Lipinski definition) is 1. The van der Waals surface area contributed by atoms with Gasteiger partial charge in [0.25, 0.3) is 5.56 Å². The molecule has 4 rings (SSSR count). The average molecular weight is 399 g/mol. The minimum Gasteiger partial charge on any atom is -0.296 e. The Morgan fingerprint density at radius 3 is 2.67 bits per heavy atom. The van der Waals surface area contributed by atoms with Gasteiger partial charge in [0.1, 0.15) is 5.00 Å². The van der Waals surface area contributed by atoms with Gasteiger partial charge in [-0.15, -0.1) is 11.3 Å². The highest BCUT2D eigenvalue weighted by atomic mass is 35.5. The lowest BCUT2D eigenvalue weighted by molar-refractivity contribution is -0.134. The van der Waals surface area contributed by atoms with Crippen molar-refractivity contribution in [3.05, 3.63) is 75.7 Å². The first kappa shape index (κ1) is 17.7. The zero-order valence-electron chi connectivity index (χ0n) is 14.1. The number of carbonyl (C=O) groups is 2. The second-order valence-electron chi connectivity index (χ2n) is 6.26.